The van der Waals surface area contributed by atoms with Crippen molar-refractivity contribution in [2.45, 2.75) is 31.0 Å². The van der Waals surface area contributed by atoms with Gasteiger partial charge in [0.1, 0.15) is 17.2 Å². The smallest absolute Gasteiger partial charge is 0.126 e. The molecule has 17 heavy (non-hydrogen) atoms. The van der Waals surface area contributed by atoms with Crippen LogP contribution in [0.5, 0.6) is 5.75 Å². The second kappa shape index (κ2) is 4.18. The highest BCUT2D eigenvalue weighted by molar-refractivity contribution is 7.99. The molecule has 2 nitrogen and oxygen atoms in total. The molecule has 1 spiro atoms. The molecular weight excluding hydrogens is 239 g/mol. The first-order valence-electron chi connectivity index (χ1n) is 5.93. The quantitative estimate of drug-likeness (QED) is 0.772. The number of hydrogen-bond acceptors (Lipinski definition) is 3. The van der Waals surface area contributed by atoms with E-state index in [2.05, 4.69) is 0 Å². The van der Waals surface area contributed by atoms with Gasteiger partial charge in [-0.2, -0.15) is 11.8 Å². The molecule has 0 aromatic heterocycles. The predicted molar refractivity (Wildman–Crippen MR) is 65.9 cm³/mol. The Morgan fingerprint density at radius 2 is 2.12 bits per heavy atom. The fourth-order valence-corrected chi connectivity index (χ4v) is 3.90. The number of hydrogen-bond donors (Lipinski definition) is 1. The number of ether oxygens (including phenoxy) is 1. The van der Waals surface area contributed by atoms with Crippen molar-refractivity contribution in [3.05, 3.63) is 29.6 Å². The topological polar surface area (TPSA) is 29.5 Å². The van der Waals surface area contributed by atoms with Crippen LogP contribution < -0.4 is 4.74 Å². The number of aliphatic hydroxyl groups is 1. The summed E-state index contributed by atoms with van der Waals surface area (Å²) in [6.07, 6.45) is 1.92. The summed E-state index contributed by atoms with van der Waals surface area (Å²) in [6.45, 7) is 0. The van der Waals surface area contributed by atoms with Crippen LogP contribution in [0.4, 0.5) is 4.39 Å². The minimum atomic E-state index is -0.599. The molecule has 1 aromatic rings. The van der Waals surface area contributed by atoms with Crippen LogP contribution in [0.15, 0.2) is 18.2 Å². The molecule has 1 unspecified atom stereocenters. The summed E-state index contributed by atoms with van der Waals surface area (Å²) in [6, 6.07) is 4.41. The van der Waals surface area contributed by atoms with Crippen molar-refractivity contribution >= 4 is 11.8 Å². The van der Waals surface area contributed by atoms with Gasteiger partial charge < -0.3 is 9.84 Å². The van der Waals surface area contributed by atoms with Gasteiger partial charge in [-0.1, -0.05) is 0 Å². The average molecular weight is 254 g/mol. The molecule has 2 aliphatic heterocycles. The van der Waals surface area contributed by atoms with Gasteiger partial charge in [-0.25, -0.2) is 4.39 Å². The largest absolute Gasteiger partial charge is 0.487 e. The van der Waals surface area contributed by atoms with Crippen LogP contribution in [0.2, 0.25) is 0 Å². The Bertz CT molecular complexity index is 429. The number of aliphatic hydroxyl groups excluding tert-OH is 1. The number of fused-ring (bicyclic) bond motifs is 1. The second-order valence-corrected chi connectivity index (χ2v) is 6.02. The Morgan fingerprint density at radius 1 is 1.35 bits per heavy atom. The van der Waals surface area contributed by atoms with Crippen molar-refractivity contribution in [1.82, 2.24) is 0 Å². The maximum absolute atomic E-state index is 13.1. The molecule has 92 valence electrons. The maximum Gasteiger partial charge on any atom is 0.126 e. The van der Waals surface area contributed by atoms with Gasteiger partial charge in [0.25, 0.3) is 0 Å². The zero-order valence-electron chi connectivity index (χ0n) is 9.49. The Kier molecular flexibility index (Phi) is 2.79. The highest BCUT2D eigenvalue weighted by Crippen LogP contribution is 2.45. The van der Waals surface area contributed by atoms with E-state index in [0.29, 0.717) is 17.7 Å². The van der Waals surface area contributed by atoms with Crippen molar-refractivity contribution < 1.29 is 14.2 Å². The van der Waals surface area contributed by atoms with Gasteiger partial charge in [-0.3, -0.25) is 0 Å². The van der Waals surface area contributed by atoms with Crippen molar-refractivity contribution in [1.29, 1.82) is 0 Å². The second-order valence-electron chi connectivity index (χ2n) is 4.80. The molecule has 1 aromatic carbocycles. The summed E-state index contributed by atoms with van der Waals surface area (Å²) < 4.78 is 19.2. The van der Waals surface area contributed by atoms with E-state index in [1.807, 2.05) is 11.8 Å². The van der Waals surface area contributed by atoms with Gasteiger partial charge in [0, 0.05) is 12.0 Å². The third-order valence-corrected chi connectivity index (χ3v) is 4.61. The summed E-state index contributed by atoms with van der Waals surface area (Å²) in [5.74, 6) is 2.48. The molecule has 1 atom stereocenters. The molecule has 2 aliphatic rings. The molecule has 1 saturated heterocycles. The van der Waals surface area contributed by atoms with Crippen LogP contribution in [0.1, 0.15) is 30.9 Å². The lowest BCUT2D eigenvalue weighted by Crippen LogP contribution is -2.44. The Morgan fingerprint density at radius 3 is 2.88 bits per heavy atom. The maximum atomic E-state index is 13.1. The summed E-state index contributed by atoms with van der Waals surface area (Å²) in [5.41, 5.74) is 0.365. The molecule has 0 saturated carbocycles. The van der Waals surface area contributed by atoms with Gasteiger partial charge in [0.05, 0.1) is 6.10 Å². The Labute approximate surface area is 104 Å². The third-order valence-electron chi connectivity index (χ3n) is 3.63. The van der Waals surface area contributed by atoms with E-state index in [1.165, 1.54) is 12.1 Å². The molecule has 4 heteroatoms. The van der Waals surface area contributed by atoms with E-state index in [9.17, 15) is 9.50 Å². The summed E-state index contributed by atoms with van der Waals surface area (Å²) in [7, 11) is 0. The molecule has 0 aliphatic carbocycles. The standard InChI is InChI=1S/C13H15FO2S/c14-9-1-2-12-10(7-9)11(15)8-13(16-12)3-5-17-6-4-13/h1-2,7,11,15H,3-6,8H2. The SMILES string of the molecule is OC1CC2(CCSCC2)Oc2ccc(F)cc21. The first-order chi connectivity index (χ1) is 8.19. The normalized spacial score (nSPS) is 26.4. The van der Waals surface area contributed by atoms with Crippen molar-refractivity contribution in [2.24, 2.45) is 0 Å². The monoisotopic (exact) mass is 254 g/mol. The van der Waals surface area contributed by atoms with E-state index < -0.39 is 6.10 Å². The van der Waals surface area contributed by atoms with Crippen LogP contribution in [-0.2, 0) is 0 Å². The number of benzene rings is 1. The molecule has 2 heterocycles. The van der Waals surface area contributed by atoms with Crippen LogP contribution in [-0.4, -0.2) is 22.2 Å². The van der Waals surface area contributed by atoms with E-state index in [-0.39, 0.29) is 11.4 Å². The molecule has 0 amide bonds. The number of rotatable bonds is 0. The summed E-state index contributed by atoms with van der Waals surface area (Å²) >= 11 is 1.93. The predicted octanol–water partition coefficient (Wildman–Crippen LogP) is 2.91. The third kappa shape index (κ3) is 2.04. The highest BCUT2D eigenvalue weighted by atomic mass is 32.2. The summed E-state index contributed by atoms with van der Waals surface area (Å²) in [4.78, 5) is 0. The van der Waals surface area contributed by atoms with Crippen LogP contribution in [0, 0.1) is 5.82 Å². The van der Waals surface area contributed by atoms with E-state index in [4.69, 9.17) is 4.74 Å². The lowest BCUT2D eigenvalue weighted by atomic mass is 9.84. The number of halogens is 1. The van der Waals surface area contributed by atoms with Crippen molar-refractivity contribution in [3.8, 4) is 5.75 Å². The molecule has 1 N–H and O–H groups in total. The van der Waals surface area contributed by atoms with Crippen LogP contribution in [0.3, 0.4) is 0 Å². The minimum absolute atomic E-state index is 0.227. The van der Waals surface area contributed by atoms with Crippen LogP contribution >= 0.6 is 11.8 Å². The van der Waals surface area contributed by atoms with Gasteiger partial charge in [-0.05, 0) is 42.5 Å². The van der Waals surface area contributed by atoms with Gasteiger partial charge in [0.15, 0.2) is 0 Å². The molecule has 3 rings (SSSR count). The van der Waals surface area contributed by atoms with E-state index in [1.54, 1.807) is 6.07 Å². The van der Waals surface area contributed by atoms with Gasteiger partial charge in [0.2, 0.25) is 0 Å². The van der Waals surface area contributed by atoms with Gasteiger partial charge in [-0.15, -0.1) is 0 Å². The van der Waals surface area contributed by atoms with Gasteiger partial charge >= 0.3 is 0 Å². The number of thioether (sulfide) groups is 1. The lowest BCUT2D eigenvalue weighted by Gasteiger charge is -2.43. The highest BCUT2D eigenvalue weighted by Gasteiger charge is 2.41. The lowest BCUT2D eigenvalue weighted by molar-refractivity contribution is -0.0199. The van der Waals surface area contributed by atoms with Crippen molar-refractivity contribution in [2.75, 3.05) is 11.5 Å². The average Bonchev–Trinajstić information content (AvgIpc) is 2.31. The first-order valence-corrected chi connectivity index (χ1v) is 7.08. The zero-order valence-corrected chi connectivity index (χ0v) is 10.3. The van der Waals surface area contributed by atoms with Crippen LogP contribution in [0.25, 0.3) is 0 Å². The zero-order chi connectivity index (χ0) is 11.9. The van der Waals surface area contributed by atoms with E-state index in [0.717, 1.165) is 24.3 Å². The van der Waals surface area contributed by atoms with Crippen molar-refractivity contribution in [3.63, 3.8) is 0 Å². The fourth-order valence-electron chi connectivity index (χ4n) is 2.66. The molecule has 1 fully saturated rings. The molecular formula is C13H15FO2S. The minimum Gasteiger partial charge on any atom is -0.487 e. The summed E-state index contributed by atoms with van der Waals surface area (Å²) in [5, 5.41) is 10.1. The Balaban J connectivity index is 1.94. The molecule has 0 bridgehead atoms. The first kappa shape index (κ1) is 11.4. The fraction of sp³-hybridized carbons (Fsp3) is 0.538. The Hall–Kier alpha value is -0.740. The molecule has 0 radical (unpaired) electrons. The van der Waals surface area contributed by atoms with E-state index >= 15 is 0 Å².